The molecule has 26 heavy (non-hydrogen) atoms. The van der Waals surface area contributed by atoms with Gasteiger partial charge in [-0.1, -0.05) is 0 Å². The molecule has 0 unspecified atom stereocenters. The number of carbonyl (C=O) groups is 1. The lowest BCUT2D eigenvalue weighted by atomic mass is 10.0. The minimum absolute atomic E-state index is 0.0677. The van der Waals surface area contributed by atoms with Gasteiger partial charge in [0.15, 0.2) is 11.5 Å². The van der Waals surface area contributed by atoms with Gasteiger partial charge < -0.3 is 14.4 Å². The molecule has 4 rings (SSSR count). The van der Waals surface area contributed by atoms with E-state index >= 15 is 0 Å². The van der Waals surface area contributed by atoms with E-state index in [4.69, 9.17) is 9.47 Å². The standard InChI is InChI=1S/C20H24N2O3S/c1-22(19(13-3-4-13)14-5-6-14)20(23)15-7-8-17(18(9-15)24-2)25-10-16-11-26-12-21-16/h7-9,11-14,19H,3-6,10H2,1-2H3. The molecule has 0 atom stereocenters. The van der Waals surface area contributed by atoms with Crippen molar-refractivity contribution in [1.82, 2.24) is 9.88 Å². The third-order valence-electron chi connectivity index (χ3n) is 5.25. The summed E-state index contributed by atoms with van der Waals surface area (Å²) in [5, 5.41) is 1.95. The first kappa shape index (κ1) is 17.3. The zero-order valence-corrected chi connectivity index (χ0v) is 16.0. The monoisotopic (exact) mass is 372 g/mol. The molecule has 2 aromatic rings. The second kappa shape index (κ2) is 7.27. The minimum atomic E-state index is 0.0677. The predicted molar refractivity (Wildman–Crippen MR) is 101 cm³/mol. The molecule has 1 aromatic carbocycles. The average molecular weight is 372 g/mol. The summed E-state index contributed by atoms with van der Waals surface area (Å²) in [6, 6.07) is 5.82. The molecule has 2 aliphatic rings. The maximum absolute atomic E-state index is 13.0. The van der Waals surface area contributed by atoms with E-state index in [1.807, 2.05) is 29.5 Å². The van der Waals surface area contributed by atoms with Crippen LogP contribution in [-0.4, -0.2) is 36.0 Å². The molecule has 6 heteroatoms. The summed E-state index contributed by atoms with van der Waals surface area (Å²) in [6.07, 6.45) is 5.02. The molecule has 2 aliphatic carbocycles. The van der Waals surface area contributed by atoms with Gasteiger partial charge in [0.1, 0.15) is 6.61 Å². The first-order valence-corrected chi connectivity index (χ1v) is 10.1. The van der Waals surface area contributed by atoms with Crippen molar-refractivity contribution in [1.29, 1.82) is 0 Å². The van der Waals surface area contributed by atoms with Crippen LogP contribution in [0.3, 0.4) is 0 Å². The molecular formula is C20H24N2O3S. The normalized spacial score (nSPS) is 16.6. The van der Waals surface area contributed by atoms with E-state index in [9.17, 15) is 4.79 Å². The first-order valence-electron chi connectivity index (χ1n) is 9.12. The molecule has 0 saturated heterocycles. The SMILES string of the molecule is COc1cc(C(=O)N(C)C(C2CC2)C2CC2)ccc1OCc1cscn1. The Labute approximate surface area is 157 Å². The van der Waals surface area contributed by atoms with Crippen LogP contribution in [0.5, 0.6) is 11.5 Å². The Balaban J connectivity index is 1.48. The summed E-state index contributed by atoms with van der Waals surface area (Å²) < 4.78 is 11.3. The van der Waals surface area contributed by atoms with Crippen molar-refractivity contribution in [2.75, 3.05) is 14.2 Å². The van der Waals surface area contributed by atoms with Gasteiger partial charge in [-0.25, -0.2) is 4.98 Å². The van der Waals surface area contributed by atoms with Gasteiger partial charge in [0.2, 0.25) is 0 Å². The third-order valence-corrected chi connectivity index (χ3v) is 5.88. The Hall–Kier alpha value is -2.08. The van der Waals surface area contributed by atoms with Crippen molar-refractivity contribution < 1.29 is 14.3 Å². The highest BCUT2D eigenvalue weighted by Gasteiger charge is 2.45. The topological polar surface area (TPSA) is 51.7 Å². The Kier molecular flexibility index (Phi) is 4.85. The van der Waals surface area contributed by atoms with Crippen LogP contribution >= 0.6 is 11.3 Å². The zero-order chi connectivity index (χ0) is 18.1. The van der Waals surface area contributed by atoms with E-state index in [0.717, 1.165) is 5.69 Å². The van der Waals surface area contributed by atoms with Gasteiger partial charge in [0.05, 0.1) is 18.3 Å². The number of amides is 1. The molecule has 0 N–H and O–H groups in total. The van der Waals surface area contributed by atoms with Crippen LogP contribution < -0.4 is 9.47 Å². The Morgan fingerprint density at radius 2 is 2.00 bits per heavy atom. The van der Waals surface area contributed by atoms with E-state index in [1.54, 1.807) is 18.7 Å². The Morgan fingerprint density at radius 3 is 2.58 bits per heavy atom. The van der Waals surface area contributed by atoms with E-state index in [1.165, 1.54) is 37.0 Å². The number of hydrogen-bond donors (Lipinski definition) is 0. The number of ether oxygens (including phenoxy) is 2. The second-order valence-corrected chi connectivity index (χ2v) is 7.93. The molecule has 0 radical (unpaired) electrons. The number of aromatic nitrogens is 1. The number of methoxy groups -OCH3 is 1. The van der Waals surface area contributed by atoms with Gasteiger partial charge in [0.25, 0.3) is 5.91 Å². The molecule has 0 aliphatic heterocycles. The smallest absolute Gasteiger partial charge is 0.254 e. The van der Waals surface area contributed by atoms with Crippen LogP contribution in [0.4, 0.5) is 0 Å². The number of nitrogens with zero attached hydrogens (tertiary/aromatic N) is 2. The summed E-state index contributed by atoms with van der Waals surface area (Å²) >= 11 is 1.54. The van der Waals surface area contributed by atoms with Crippen LogP contribution in [0, 0.1) is 11.8 Å². The summed E-state index contributed by atoms with van der Waals surface area (Å²) in [5.74, 6) is 2.66. The minimum Gasteiger partial charge on any atom is -0.493 e. The molecule has 1 aromatic heterocycles. The molecule has 1 heterocycles. The van der Waals surface area contributed by atoms with Crippen LogP contribution in [0.1, 0.15) is 41.7 Å². The maximum Gasteiger partial charge on any atom is 0.254 e. The number of rotatable bonds is 8. The van der Waals surface area contributed by atoms with E-state index in [-0.39, 0.29) is 5.91 Å². The first-order chi connectivity index (χ1) is 12.7. The largest absolute Gasteiger partial charge is 0.493 e. The van der Waals surface area contributed by atoms with Crippen molar-refractivity contribution in [3.63, 3.8) is 0 Å². The zero-order valence-electron chi connectivity index (χ0n) is 15.2. The van der Waals surface area contributed by atoms with Gasteiger partial charge in [-0.15, -0.1) is 11.3 Å². The molecular weight excluding hydrogens is 348 g/mol. The molecule has 138 valence electrons. The van der Waals surface area contributed by atoms with Gasteiger partial charge >= 0.3 is 0 Å². The lowest BCUT2D eigenvalue weighted by molar-refractivity contribution is 0.0689. The van der Waals surface area contributed by atoms with Crippen LogP contribution in [-0.2, 0) is 6.61 Å². The van der Waals surface area contributed by atoms with E-state index in [0.29, 0.717) is 41.5 Å². The molecule has 2 fully saturated rings. The fraction of sp³-hybridized carbons (Fsp3) is 0.500. The lowest BCUT2D eigenvalue weighted by Gasteiger charge is -2.28. The highest BCUT2D eigenvalue weighted by atomic mass is 32.1. The van der Waals surface area contributed by atoms with Crippen molar-refractivity contribution in [3.8, 4) is 11.5 Å². The van der Waals surface area contributed by atoms with Crippen molar-refractivity contribution in [3.05, 3.63) is 40.3 Å². The highest BCUT2D eigenvalue weighted by Crippen LogP contribution is 2.47. The number of benzene rings is 1. The Morgan fingerprint density at radius 1 is 1.27 bits per heavy atom. The number of hydrogen-bond acceptors (Lipinski definition) is 5. The molecule has 5 nitrogen and oxygen atoms in total. The number of thiazole rings is 1. The van der Waals surface area contributed by atoms with Crippen LogP contribution in [0.25, 0.3) is 0 Å². The third kappa shape index (κ3) is 3.70. The second-order valence-electron chi connectivity index (χ2n) is 7.22. The van der Waals surface area contributed by atoms with E-state index in [2.05, 4.69) is 4.98 Å². The summed E-state index contributed by atoms with van der Waals surface area (Å²) in [6.45, 7) is 0.387. The fourth-order valence-corrected chi connectivity index (χ4v) is 4.16. The molecule has 0 bridgehead atoms. The van der Waals surface area contributed by atoms with Crippen molar-refractivity contribution >= 4 is 17.2 Å². The van der Waals surface area contributed by atoms with Gasteiger partial charge in [0, 0.05) is 24.0 Å². The summed E-state index contributed by atoms with van der Waals surface area (Å²) in [7, 11) is 3.54. The fourth-order valence-electron chi connectivity index (χ4n) is 3.61. The van der Waals surface area contributed by atoms with Crippen LogP contribution in [0.15, 0.2) is 29.1 Å². The predicted octanol–water partition coefficient (Wildman–Crippen LogP) is 3.99. The van der Waals surface area contributed by atoms with Gasteiger partial charge in [-0.3, -0.25) is 4.79 Å². The molecule has 0 spiro atoms. The molecule has 1 amide bonds. The maximum atomic E-state index is 13.0. The lowest BCUT2D eigenvalue weighted by Crippen LogP contribution is -2.40. The van der Waals surface area contributed by atoms with E-state index < -0.39 is 0 Å². The molecule has 2 saturated carbocycles. The van der Waals surface area contributed by atoms with Crippen LogP contribution in [0.2, 0.25) is 0 Å². The van der Waals surface area contributed by atoms with Crippen molar-refractivity contribution in [2.45, 2.75) is 38.3 Å². The highest BCUT2D eigenvalue weighted by molar-refractivity contribution is 7.07. The average Bonchev–Trinajstić information content (AvgIpc) is 3.60. The van der Waals surface area contributed by atoms with Gasteiger partial charge in [-0.05, 0) is 55.7 Å². The number of carbonyl (C=O) groups excluding carboxylic acids is 1. The summed E-state index contributed by atoms with van der Waals surface area (Å²) in [5.41, 5.74) is 3.31. The summed E-state index contributed by atoms with van der Waals surface area (Å²) in [4.78, 5) is 19.2. The van der Waals surface area contributed by atoms with Gasteiger partial charge in [-0.2, -0.15) is 0 Å². The van der Waals surface area contributed by atoms with Crippen molar-refractivity contribution in [2.24, 2.45) is 11.8 Å². The quantitative estimate of drug-likeness (QED) is 0.703. The Bertz CT molecular complexity index is 757.